The summed E-state index contributed by atoms with van der Waals surface area (Å²) >= 11 is 0. The van der Waals surface area contributed by atoms with E-state index >= 15 is 0 Å². The number of nitrogens with one attached hydrogen (secondary N) is 1. The van der Waals surface area contributed by atoms with E-state index < -0.39 is 33.8 Å². The summed E-state index contributed by atoms with van der Waals surface area (Å²) in [5.41, 5.74) is 0.204. The van der Waals surface area contributed by atoms with Gasteiger partial charge in [0.1, 0.15) is 11.8 Å². The number of esters is 1. The van der Waals surface area contributed by atoms with Crippen LogP contribution in [-0.4, -0.2) is 50.4 Å². The predicted molar refractivity (Wildman–Crippen MR) is 81.9 cm³/mol. The third kappa shape index (κ3) is 6.25. The number of ether oxygens (including phenoxy) is 2. The van der Waals surface area contributed by atoms with Crippen LogP contribution >= 0.6 is 0 Å². The summed E-state index contributed by atoms with van der Waals surface area (Å²) in [6.07, 6.45) is -0.311. The molecule has 0 aliphatic heterocycles. The van der Waals surface area contributed by atoms with Crippen LogP contribution < -0.4 is 10.1 Å². The number of rotatable bonds is 8. The van der Waals surface area contributed by atoms with Gasteiger partial charge in [-0.3, -0.25) is 9.35 Å². The van der Waals surface area contributed by atoms with Gasteiger partial charge in [0.05, 0.1) is 25.0 Å². The quantitative estimate of drug-likeness (QED) is 0.524. The zero-order valence-corrected chi connectivity index (χ0v) is 13.6. The maximum absolute atomic E-state index is 12.3. The van der Waals surface area contributed by atoms with Crippen LogP contribution in [0.4, 0.5) is 0 Å². The van der Waals surface area contributed by atoms with E-state index in [2.05, 4.69) is 10.1 Å². The van der Waals surface area contributed by atoms with Gasteiger partial charge in [-0.25, -0.2) is 4.79 Å². The number of para-hydroxylation sites is 1. The summed E-state index contributed by atoms with van der Waals surface area (Å²) in [5.74, 6) is -1.76. The first-order valence-corrected chi connectivity index (χ1v) is 8.45. The Kier molecular flexibility index (Phi) is 6.98. The predicted octanol–water partition coefficient (Wildman–Crippen LogP) is 0.635. The van der Waals surface area contributed by atoms with Crippen molar-refractivity contribution in [2.75, 3.05) is 19.5 Å². The second-order valence-corrected chi connectivity index (χ2v) is 6.13. The molecule has 0 aliphatic rings. The number of methoxy groups -OCH3 is 1. The van der Waals surface area contributed by atoms with Crippen LogP contribution in [0.25, 0.3) is 0 Å². The van der Waals surface area contributed by atoms with E-state index in [1.165, 1.54) is 6.07 Å². The minimum atomic E-state index is -4.26. The highest BCUT2D eigenvalue weighted by Gasteiger charge is 2.25. The lowest BCUT2D eigenvalue weighted by Gasteiger charge is -2.17. The Morgan fingerprint density at radius 3 is 2.52 bits per heavy atom. The number of hydrogen-bond donors (Lipinski definition) is 2. The summed E-state index contributed by atoms with van der Waals surface area (Å²) in [5, 5.41) is 2.39. The SMILES string of the molecule is CCOc1ccccc1C(=O)N[C@@H](CCS(=O)(=O)O)C(=O)OC. The van der Waals surface area contributed by atoms with Crippen molar-refractivity contribution in [3.63, 3.8) is 0 Å². The molecule has 1 rings (SSSR count). The van der Waals surface area contributed by atoms with Gasteiger partial charge in [0, 0.05) is 0 Å². The molecule has 1 aromatic rings. The van der Waals surface area contributed by atoms with E-state index in [1.807, 2.05) is 0 Å². The molecular formula is C14H19NO7S. The van der Waals surface area contributed by atoms with Crippen molar-refractivity contribution in [2.45, 2.75) is 19.4 Å². The van der Waals surface area contributed by atoms with E-state index in [4.69, 9.17) is 9.29 Å². The topological polar surface area (TPSA) is 119 Å². The van der Waals surface area contributed by atoms with E-state index in [0.29, 0.717) is 12.4 Å². The monoisotopic (exact) mass is 345 g/mol. The molecule has 0 saturated heterocycles. The maximum atomic E-state index is 12.3. The summed E-state index contributed by atoms with van der Waals surface area (Å²) < 4.78 is 40.3. The molecule has 0 unspecified atom stereocenters. The standard InChI is InChI=1S/C14H19NO7S/c1-3-22-12-7-5-4-6-10(12)13(16)15-11(14(17)21-2)8-9-23(18,19)20/h4-7,11H,3,8-9H2,1-2H3,(H,15,16)(H,18,19,20)/t11-/m0/s1. The molecule has 2 N–H and O–H groups in total. The zero-order valence-electron chi connectivity index (χ0n) is 12.8. The minimum absolute atomic E-state index is 0.204. The summed E-state index contributed by atoms with van der Waals surface area (Å²) in [7, 11) is -3.15. The Morgan fingerprint density at radius 2 is 1.96 bits per heavy atom. The van der Waals surface area contributed by atoms with Crippen LogP contribution in [0, 0.1) is 0 Å². The van der Waals surface area contributed by atoms with Crippen molar-refractivity contribution in [3.8, 4) is 5.75 Å². The highest BCUT2D eigenvalue weighted by molar-refractivity contribution is 7.85. The van der Waals surface area contributed by atoms with E-state index in [-0.39, 0.29) is 12.0 Å². The van der Waals surface area contributed by atoms with Gasteiger partial charge >= 0.3 is 5.97 Å². The van der Waals surface area contributed by atoms with Crippen LogP contribution in [0.1, 0.15) is 23.7 Å². The lowest BCUT2D eigenvalue weighted by Crippen LogP contribution is -2.42. The second kappa shape index (κ2) is 8.49. The summed E-state index contributed by atoms with van der Waals surface area (Å²) in [6.45, 7) is 2.12. The molecule has 0 bridgehead atoms. The van der Waals surface area contributed by atoms with Crippen molar-refractivity contribution < 1.29 is 32.0 Å². The molecular weight excluding hydrogens is 326 g/mol. The average Bonchev–Trinajstić information content (AvgIpc) is 2.50. The molecule has 0 heterocycles. The molecule has 0 fully saturated rings. The molecule has 0 spiro atoms. The highest BCUT2D eigenvalue weighted by atomic mass is 32.2. The van der Waals surface area contributed by atoms with Crippen LogP contribution in [0.15, 0.2) is 24.3 Å². The number of carbonyl (C=O) groups excluding carboxylic acids is 2. The lowest BCUT2D eigenvalue weighted by molar-refractivity contribution is -0.142. The van der Waals surface area contributed by atoms with Gasteiger partial charge in [-0.05, 0) is 25.5 Å². The van der Waals surface area contributed by atoms with Crippen LogP contribution in [0.3, 0.4) is 0 Å². The van der Waals surface area contributed by atoms with Gasteiger partial charge < -0.3 is 14.8 Å². The van der Waals surface area contributed by atoms with Crippen molar-refractivity contribution in [3.05, 3.63) is 29.8 Å². The Labute approximate surface area is 134 Å². The normalized spacial score (nSPS) is 12.3. The first-order chi connectivity index (χ1) is 10.8. The first kappa shape index (κ1) is 18.9. The molecule has 0 saturated carbocycles. The Balaban J connectivity index is 2.90. The third-order valence-corrected chi connectivity index (χ3v) is 3.64. The zero-order chi connectivity index (χ0) is 17.5. The van der Waals surface area contributed by atoms with Gasteiger partial charge in [-0.1, -0.05) is 12.1 Å². The molecule has 1 amide bonds. The summed E-state index contributed by atoms with van der Waals surface area (Å²) in [6, 6.07) is 5.23. The fourth-order valence-corrected chi connectivity index (χ4v) is 2.36. The third-order valence-electron chi connectivity index (χ3n) is 2.89. The Hall–Kier alpha value is -2.13. The number of carbonyl (C=O) groups is 2. The molecule has 0 aliphatic carbocycles. The number of benzene rings is 1. The molecule has 9 heteroatoms. The molecule has 0 aromatic heterocycles. The fraction of sp³-hybridized carbons (Fsp3) is 0.429. The van der Waals surface area contributed by atoms with Gasteiger partial charge in [0.25, 0.3) is 16.0 Å². The Morgan fingerprint density at radius 1 is 1.30 bits per heavy atom. The molecule has 1 aromatic carbocycles. The van der Waals surface area contributed by atoms with Crippen molar-refractivity contribution in [1.82, 2.24) is 5.32 Å². The molecule has 1 atom stereocenters. The number of hydrogen-bond acceptors (Lipinski definition) is 6. The van der Waals surface area contributed by atoms with Crippen LogP contribution in [0.2, 0.25) is 0 Å². The highest BCUT2D eigenvalue weighted by Crippen LogP contribution is 2.18. The average molecular weight is 345 g/mol. The van der Waals surface area contributed by atoms with Crippen LogP contribution in [-0.2, 0) is 19.6 Å². The van der Waals surface area contributed by atoms with Crippen molar-refractivity contribution >= 4 is 22.0 Å². The minimum Gasteiger partial charge on any atom is -0.493 e. The van der Waals surface area contributed by atoms with Crippen LogP contribution in [0.5, 0.6) is 5.75 Å². The number of amides is 1. The second-order valence-electron chi connectivity index (χ2n) is 4.55. The molecule has 128 valence electrons. The molecule has 8 nitrogen and oxygen atoms in total. The Bertz CT molecular complexity index is 657. The first-order valence-electron chi connectivity index (χ1n) is 6.84. The van der Waals surface area contributed by atoms with Crippen molar-refractivity contribution in [2.24, 2.45) is 0 Å². The van der Waals surface area contributed by atoms with E-state index in [1.54, 1.807) is 25.1 Å². The van der Waals surface area contributed by atoms with E-state index in [0.717, 1.165) is 7.11 Å². The van der Waals surface area contributed by atoms with Gasteiger partial charge in [0.2, 0.25) is 0 Å². The van der Waals surface area contributed by atoms with Crippen molar-refractivity contribution in [1.29, 1.82) is 0 Å². The van der Waals surface area contributed by atoms with Gasteiger partial charge in [-0.2, -0.15) is 8.42 Å². The molecule has 0 radical (unpaired) electrons. The van der Waals surface area contributed by atoms with Gasteiger partial charge in [-0.15, -0.1) is 0 Å². The maximum Gasteiger partial charge on any atom is 0.328 e. The molecule has 23 heavy (non-hydrogen) atoms. The fourth-order valence-electron chi connectivity index (χ4n) is 1.83. The van der Waals surface area contributed by atoms with Gasteiger partial charge in [0.15, 0.2) is 0 Å². The summed E-state index contributed by atoms with van der Waals surface area (Å²) in [4.78, 5) is 23.9. The smallest absolute Gasteiger partial charge is 0.328 e. The lowest BCUT2D eigenvalue weighted by atomic mass is 10.1. The van der Waals surface area contributed by atoms with E-state index in [9.17, 15) is 18.0 Å². The largest absolute Gasteiger partial charge is 0.493 e.